The van der Waals surface area contributed by atoms with Crippen molar-refractivity contribution in [1.29, 1.82) is 0 Å². The Bertz CT molecular complexity index is 887. The van der Waals surface area contributed by atoms with Crippen LogP contribution in [-0.4, -0.2) is 35.4 Å². The molecule has 0 aromatic heterocycles. The summed E-state index contributed by atoms with van der Waals surface area (Å²) in [6.45, 7) is 5.11. The van der Waals surface area contributed by atoms with Crippen LogP contribution in [0.25, 0.3) is 0 Å². The van der Waals surface area contributed by atoms with Crippen LogP contribution in [0.5, 0.6) is 0 Å². The van der Waals surface area contributed by atoms with Gasteiger partial charge in [0.05, 0.1) is 5.75 Å². The number of esters is 1. The van der Waals surface area contributed by atoms with Gasteiger partial charge in [-0.2, -0.15) is 0 Å². The molecule has 0 heterocycles. The Morgan fingerprint density at radius 1 is 0.966 bits per heavy atom. The molecule has 6 nitrogen and oxygen atoms in total. The minimum atomic E-state index is -0.622. The standard InChI is InChI=1S/C21H23FN2O4S/c1-13-4-7-18(10-14(13)2)24-19(25)11-28-21(27)15(3)29-12-20(26)23-17-8-5-16(22)6-9-17/h4-10,15H,11-12H2,1-3H3,(H,23,26)(H,24,25). The van der Waals surface area contributed by atoms with Crippen molar-refractivity contribution in [2.45, 2.75) is 26.0 Å². The van der Waals surface area contributed by atoms with Gasteiger partial charge >= 0.3 is 5.97 Å². The molecule has 0 aliphatic heterocycles. The molecule has 0 saturated heterocycles. The molecule has 154 valence electrons. The maximum Gasteiger partial charge on any atom is 0.319 e. The van der Waals surface area contributed by atoms with Gasteiger partial charge < -0.3 is 15.4 Å². The molecule has 0 fully saturated rings. The lowest BCUT2D eigenvalue weighted by molar-refractivity contribution is -0.146. The molecule has 8 heteroatoms. The van der Waals surface area contributed by atoms with Gasteiger partial charge in [-0.05, 0) is 68.3 Å². The third kappa shape index (κ3) is 7.57. The number of hydrogen-bond donors (Lipinski definition) is 2. The highest BCUT2D eigenvalue weighted by Crippen LogP contribution is 2.15. The zero-order valence-electron chi connectivity index (χ0n) is 16.5. The number of rotatable bonds is 8. The van der Waals surface area contributed by atoms with Crippen molar-refractivity contribution < 1.29 is 23.5 Å². The van der Waals surface area contributed by atoms with Gasteiger partial charge in [0.1, 0.15) is 11.1 Å². The van der Waals surface area contributed by atoms with Crippen LogP contribution in [0.15, 0.2) is 42.5 Å². The number of ether oxygens (including phenoxy) is 1. The molecule has 29 heavy (non-hydrogen) atoms. The summed E-state index contributed by atoms with van der Waals surface area (Å²) in [6, 6.07) is 10.9. The molecule has 2 N–H and O–H groups in total. The number of hydrogen-bond acceptors (Lipinski definition) is 5. The molecule has 2 aromatic rings. The lowest BCUT2D eigenvalue weighted by atomic mass is 10.1. The SMILES string of the molecule is Cc1ccc(NC(=O)COC(=O)C(C)SCC(=O)Nc2ccc(F)cc2)cc1C. The Balaban J connectivity index is 1.71. The van der Waals surface area contributed by atoms with E-state index in [2.05, 4.69) is 10.6 Å². The van der Waals surface area contributed by atoms with Gasteiger partial charge in [-0.25, -0.2) is 4.39 Å². The predicted octanol–water partition coefficient (Wildman–Crippen LogP) is 3.68. The molecule has 0 saturated carbocycles. The smallest absolute Gasteiger partial charge is 0.319 e. The van der Waals surface area contributed by atoms with Crippen LogP contribution in [0.2, 0.25) is 0 Å². The maximum atomic E-state index is 12.9. The predicted molar refractivity (Wildman–Crippen MR) is 112 cm³/mol. The number of amides is 2. The molecule has 2 rings (SSSR count). The van der Waals surface area contributed by atoms with E-state index < -0.39 is 29.6 Å². The summed E-state index contributed by atoms with van der Waals surface area (Å²) in [4.78, 5) is 35.9. The van der Waals surface area contributed by atoms with E-state index in [0.29, 0.717) is 11.4 Å². The largest absolute Gasteiger partial charge is 0.455 e. The van der Waals surface area contributed by atoms with Crippen molar-refractivity contribution >= 4 is 40.9 Å². The first-order valence-electron chi connectivity index (χ1n) is 8.95. The summed E-state index contributed by atoms with van der Waals surface area (Å²) < 4.78 is 17.9. The molecule has 0 aliphatic carbocycles. The normalized spacial score (nSPS) is 11.4. The van der Waals surface area contributed by atoms with E-state index in [1.54, 1.807) is 13.0 Å². The number of carbonyl (C=O) groups excluding carboxylic acids is 3. The summed E-state index contributed by atoms with van der Waals surface area (Å²) in [5, 5.41) is 4.66. The molecular weight excluding hydrogens is 395 g/mol. The van der Waals surface area contributed by atoms with Crippen LogP contribution in [-0.2, 0) is 19.1 Å². The van der Waals surface area contributed by atoms with Gasteiger partial charge in [0.2, 0.25) is 5.91 Å². The monoisotopic (exact) mass is 418 g/mol. The Kier molecular flexibility index (Phi) is 8.21. The van der Waals surface area contributed by atoms with Crippen molar-refractivity contribution in [1.82, 2.24) is 0 Å². The molecule has 1 atom stereocenters. The van der Waals surface area contributed by atoms with Crippen LogP contribution < -0.4 is 10.6 Å². The topological polar surface area (TPSA) is 84.5 Å². The first kappa shape index (κ1) is 22.4. The average Bonchev–Trinajstić information content (AvgIpc) is 2.69. The second-order valence-corrected chi connectivity index (χ2v) is 7.79. The number of nitrogens with one attached hydrogen (secondary N) is 2. The van der Waals surface area contributed by atoms with E-state index in [-0.39, 0.29) is 11.7 Å². The second-order valence-electron chi connectivity index (χ2n) is 6.46. The number of anilines is 2. The van der Waals surface area contributed by atoms with Crippen LogP contribution in [0.3, 0.4) is 0 Å². The molecular formula is C21H23FN2O4S. The highest BCUT2D eigenvalue weighted by Gasteiger charge is 2.18. The number of aryl methyl sites for hydroxylation is 2. The Labute approximate surface area is 173 Å². The third-order valence-electron chi connectivity index (χ3n) is 4.06. The molecule has 0 spiro atoms. The quantitative estimate of drug-likeness (QED) is 0.639. The van der Waals surface area contributed by atoms with Crippen molar-refractivity contribution in [3.63, 3.8) is 0 Å². The number of halogens is 1. The van der Waals surface area contributed by atoms with Crippen molar-refractivity contribution in [3.8, 4) is 0 Å². The number of benzene rings is 2. The van der Waals surface area contributed by atoms with Crippen molar-refractivity contribution in [3.05, 3.63) is 59.4 Å². The lowest BCUT2D eigenvalue weighted by Gasteiger charge is -2.12. The highest BCUT2D eigenvalue weighted by molar-refractivity contribution is 8.01. The summed E-state index contributed by atoms with van der Waals surface area (Å²) in [7, 11) is 0. The summed E-state index contributed by atoms with van der Waals surface area (Å²) in [5.74, 6) is -1.72. The van der Waals surface area contributed by atoms with E-state index >= 15 is 0 Å². The Hall–Kier alpha value is -2.87. The van der Waals surface area contributed by atoms with E-state index in [0.717, 1.165) is 22.9 Å². The maximum absolute atomic E-state index is 12.9. The van der Waals surface area contributed by atoms with E-state index in [1.165, 1.54) is 24.3 Å². The lowest BCUT2D eigenvalue weighted by Crippen LogP contribution is -2.26. The van der Waals surface area contributed by atoms with Crippen LogP contribution in [0.1, 0.15) is 18.1 Å². The fourth-order valence-electron chi connectivity index (χ4n) is 2.27. The van der Waals surface area contributed by atoms with Crippen LogP contribution >= 0.6 is 11.8 Å². The van der Waals surface area contributed by atoms with Gasteiger partial charge in [-0.1, -0.05) is 6.07 Å². The van der Waals surface area contributed by atoms with Gasteiger partial charge in [-0.15, -0.1) is 11.8 Å². The van der Waals surface area contributed by atoms with E-state index in [9.17, 15) is 18.8 Å². The fourth-order valence-corrected chi connectivity index (χ4v) is 2.95. The molecule has 0 aliphatic rings. The Morgan fingerprint density at radius 3 is 2.24 bits per heavy atom. The first-order chi connectivity index (χ1) is 13.7. The van der Waals surface area contributed by atoms with Crippen LogP contribution in [0.4, 0.5) is 15.8 Å². The number of thioether (sulfide) groups is 1. The molecule has 2 amide bonds. The first-order valence-corrected chi connectivity index (χ1v) is 10.00. The second kappa shape index (κ2) is 10.6. The van der Waals surface area contributed by atoms with E-state index in [4.69, 9.17) is 4.74 Å². The van der Waals surface area contributed by atoms with Crippen molar-refractivity contribution in [2.75, 3.05) is 23.0 Å². The minimum absolute atomic E-state index is 0.0164. The van der Waals surface area contributed by atoms with Crippen LogP contribution in [0, 0.1) is 19.7 Å². The molecule has 2 aromatic carbocycles. The summed E-state index contributed by atoms with van der Waals surface area (Å²) >= 11 is 1.08. The molecule has 1 unspecified atom stereocenters. The zero-order valence-corrected chi connectivity index (χ0v) is 17.3. The average molecular weight is 418 g/mol. The highest BCUT2D eigenvalue weighted by atomic mass is 32.2. The molecule has 0 bridgehead atoms. The fraction of sp³-hybridized carbons (Fsp3) is 0.286. The summed E-state index contributed by atoms with van der Waals surface area (Å²) in [6.07, 6.45) is 0. The summed E-state index contributed by atoms with van der Waals surface area (Å²) in [5.41, 5.74) is 3.26. The molecule has 0 radical (unpaired) electrons. The minimum Gasteiger partial charge on any atom is -0.455 e. The van der Waals surface area contributed by atoms with E-state index in [1.807, 2.05) is 26.0 Å². The zero-order chi connectivity index (χ0) is 21.4. The van der Waals surface area contributed by atoms with Gasteiger partial charge in [-0.3, -0.25) is 14.4 Å². The number of carbonyl (C=O) groups is 3. The van der Waals surface area contributed by atoms with Gasteiger partial charge in [0.25, 0.3) is 5.91 Å². The van der Waals surface area contributed by atoms with Gasteiger partial charge in [0.15, 0.2) is 6.61 Å². The van der Waals surface area contributed by atoms with Gasteiger partial charge in [0, 0.05) is 11.4 Å². The Morgan fingerprint density at radius 2 is 1.59 bits per heavy atom. The van der Waals surface area contributed by atoms with Crippen molar-refractivity contribution in [2.24, 2.45) is 0 Å². The third-order valence-corrected chi connectivity index (χ3v) is 5.18.